The Morgan fingerprint density at radius 2 is 1.83 bits per heavy atom. The van der Waals surface area contributed by atoms with E-state index in [0.717, 1.165) is 68.8 Å². The minimum Gasteiger partial charge on any atom is -0.386 e. The molecule has 0 unspecified atom stereocenters. The molecule has 0 saturated carbocycles. The summed E-state index contributed by atoms with van der Waals surface area (Å²) in [4.78, 5) is 10.9. The molecular weight excluding hydrogens is 384 g/mol. The van der Waals surface area contributed by atoms with Crippen LogP contribution in [0, 0.1) is 17.6 Å². The minimum atomic E-state index is -0.817. The highest BCUT2D eigenvalue weighted by atomic mass is 19.2. The van der Waals surface area contributed by atoms with Crippen molar-refractivity contribution in [2.75, 3.05) is 26.2 Å². The van der Waals surface area contributed by atoms with E-state index < -0.39 is 11.6 Å². The fourth-order valence-electron chi connectivity index (χ4n) is 5.94. The van der Waals surface area contributed by atoms with Crippen molar-refractivity contribution in [2.45, 2.75) is 37.3 Å². The van der Waals surface area contributed by atoms with Gasteiger partial charge in [0.1, 0.15) is 5.84 Å². The molecule has 30 heavy (non-hydrogen) atoms. The molecule has 0 radical (unpaired) electrons. The van der Waals surface area contributed by atoms with Gasteiger partial charge in [-0.05, 0) is 61.2 Å². The van der Waals surface area contributed by atoms with E-state index in [0.29, 0.717) is 5.92 Å². The van der Waals surface area contributed by atoms with Crippen molar-refractivity contribution < 1.29 is 13.6 Å². The number of piperidine rings is 3. The first-order valence-corrected chi connectivity index (χ1v) is 10.9. The molecule has 3 saturated heterocycles. The molecular formula is C24H25F2N3O. The predicted octanol–water partition coefficient (Wildman–Crippen LogP) is 4.11. The maximum absolute atomic E-state index is 14.1. The smallest absolute Gasteiger partial charge is 0.160 e. The van der Waals surface area contributed by atoms with E-state index in [4.69, 9.17) is 4.84 Å². The number of halogens is 2. The van der Waals surface area contributed by atoms with E-state index in [-0.39, 0.29) is 11.6 Å². The van der Waals surface area contributed by atoms with Gasteiger partial charge in [0.05, 0.1) is 12.5 Å². The molecule has 0 aromatic heterocycles. The third kappa shape index (κ3) is 2.77. The third-order valence-electron chi connectivity index (χ3n) is 7.49. The first-order valence-electron chi connectivity index (χ1n) is 10.9. The number of nitrogens with zero attached hydrogens (tertiary/aromatic N) is 3. The van der Waals surface area contributed by atoms with Gasteiger partial charge in [-0.1, -0.05) is 35.5 Å². The molecule has 4 nitrogen and oxygen atoms in total. The van der Waals surface area contributed by atoms with Gasteiger partial charge in [-0.2, -0.15) is 0 Å². The van der Waals surface area contributed by atoms with Crippen LogP contribution < -0.4 is 0 Å². The number of benzene rings is 2. The molecule has 5 aliphatic heterocycles. The van der Waals surface area contributed by atoms with Crippen molar-refractivity contribution in [3.8, 4) is 0 Å². The van der Waals surface area contributed by atoms with Crippen LogP contribution >= 0.6 is 0 Å². The molecule has 5 aliphatic rings. The molecule has 0 amide bonds. The summed E-state index contributed by atoms with van der Waals surface area (Å²) in [6.45, 7) is 4.03. The average molecular weight is 409 g/mol. The van der Waals surface area contributed by atoms with Gasteiger partial charge in [0.2, 0.25) is 0 Å². The summed E-state index contributed by atoms with van der Waals surface area (Å²) in [5.41, 5.74) is 2.91. The SMILES string of the molecule is Fc1ccc([C@H]2c3ccccc3CCN2C2=NO[C@]3(C2)CN2CCC3CC2)cc1F. The fourth-order valence-corrected chi connectivity index (χ4v) is 5.94. The minimum absolute atomic E-state index is 0.191. The van der Waals surface area contributed by atoms with E-state index in [1.54, 1.807) is 6.07 Å². The molecule has 7 rings (SSSR count). The van der Waals surface area contributed by atoms with Crippen molar-refractivity contribution in [3.63, 3.8) is 0 Å². The molecule has 2 aromatic carbocycles. The van der Waals surface area contributed by atoms with Crippen LogP contribution in [0.1, 0.15) is 42.0 Å². The van der Waals surface area contributed by atoms with Crippen LogP contribution in [-0.4, -0.2) is 47.4 Å². The Morgan fingerprint density at radius 1 is 1.00 bits per heavy atom. The van der Waals surface area contributed by atoms with Gasteiger partial charge >= 0.3 is 0 Å². The number of hydrogen-bond acceptors (Lipinski definition) is 4. The van der Waals surface area contributed by atoms with E-state index in [9.17, 15) is 8.78 Å². The highest BCUT2D eigenvalue weighted by Crippen LogP contribution is 2.45. The molecule has 3 fully saturated rings. The van der Waals surface area contributed by atoms with E-state index >= 15 is 0 Å². The Hall–Kier alpha value is -2.47. The molecule has 2 bridgehead atoms. The molecule has 6 heteroatoms. The number of fused-ring (bicyclic) bond motifs is 3. The van der Waals surface area contributed by atoms with Crippen molar-refractivity contribution >= 4 is 5.84 Å². The van der Waals surface area contributed by atoms with Crippen LogP contribution in [0.2, 0.25) is 0 Å². The van der Waals surface area contributed by atoms with Crippen LogP contribution in [0.4, 0.5) is 8.78 Å². The zero-order valence-corrected chi connectivity index (χ0v) is 16.9. The van der Waals surface area contributed by atoms with Crippen molar-refractivity contribution in [1.82, 2.24) is 9.80 Å². The average Bonchev–Trinajstić information content (AvgIpc) is 3.19. The number of hydrogen-bond donors (Lipinski definition) is 0. The molecule has 2 atom stereocenters. The summed E-state index contributed by atoms with van der Waals surface area (Å²) < 4.78 is 27.8. The Balaban J connectivity index is 1.37. The summed E-state index contributed by atoms with van der Waals surface area (Å²) in [6, 6.07) is 12.3. The summed E-state index contributed by atoms with van der Waals surface area (Å²) in [5, 5.41) is 4.59. The lowest BCUT2D eigenvalue weighted by Gasteiger charge is -2.49. The van der Waals surface area contributed by atoms with E-state index in [2.05, 4.69) is 27.1 Å². The Bertz CT molecular complexity index is 1020. The second-order valence-corrected chi connectivity index (χ2v) is 9.11. The van der Waals surface area contributed by atoms with Crippen LogP contribution in [-0.2, 0) is 11.3 Å². The Labute approximate surface area is 175 Å². The Kier molecular flexibility index (Phi) is 4.13. The first kappa shape index (κ1) is 18.3. The lowest BCUT2D eigenvalue weighted by molar-refractivity contribution is -0.136. The Morgan fingerprint density at radius 3 is 2.60 bits per heavy atom. The quantitative estimate of drug-likeness (QED) is 0.710. The molecule has 2 aromatic rings. The van der Waals surface area contributed by atoms with Gasteiger partial charge in [-0.15, -0.1) is 0 Å². The normalized spacial score (nSPS) is 32.1. The number of amidine groups is 1. The lowest BCUT2D eigenvalue weighted by Crippen LogP contribution is -2.59. The first-order chi connectivity index (χ1) is 14.6. The van der Waals surface area contributed by atoms with Crippen LogP contribution in [0.3, 0.4) is 0 Å². The fraction of sp³-hybridized carbons (Fsp3) is 0.458. The second kappa shape index (κ2) is 6.77. The predicted molar refractivity (Wildman–Crippen MR) is 110 cm³/mol. The summed E-state index contributed by atoms with van der Waals surface area (Å²) in [7, 11) is 0. The standard InChI is InChI=1S/C24H25F2N3O/c25-20-6-5-17(13-21(20)26)23-19-4-2-1-3-16(19)7-12-29(23)22-14-24(30-27-22)15-28-10-8-18(24)9-11-28/h1-6,13,18,23H,7-12,14-15H2/t23-,24+/m0/s1. The van der Waals surface area contributed by atoms with Crippen LogP contribution in [0.15, 0.2) is 47.6 Å². The van der Waals surface area contributed by atoms with Gasteiger partial charge in [0.15, 0.2) is 17.2 Å². The number of rotatable bonds is 1. The van der Waals surface area contributed by atoms with Crippen molar-refractivity contribution in [2.24, 2.45) is 11.1 Å². The topological polar surface area (TPSA) is 28.1 Å². The maximum atomic E-state index is 14.1. The monoisotopic (exact) mass is 409 g/mol. The van der Waals surface area contributed by atoms with Crippen molar-refractivity contribution in [3.05, 3.63) is 70.8 Å². The van der Waals surface area contributed by atoms with E-state index in [1.807, 2.05) is 12.1 Å². The van der Waals surface area contributed by atoms with Gasteiger partial charge in [0, 0.05) is 19.0 Å². The molecule has 0 N–H and O–H groups in total. The molecule has 156 valence electrons. The summed E-state index contributed by atoms with van der Waals surface area (Å²) in [6.07, 6.45) is 4.02. The molecule has 0 aliphatic carbocycles. The lowest BCUT2D eigenvalue weighted by atomic mass is 9.73. The highest BCUT2D eigenvalue weighted by molar-refractivity contribution is 5.85. The number of oxime groups is 1. The van der Waals surface area contributed by atoms with Crippen LogP contribution in [0.5, 0.6) is 0 Å². The van der Waals surface area contributed by atoms with Gasteiger partial charge in [0.25, 0.3) is 0 Å². The highest BCUT2D eigenvalue weighted by Gasteiger charge is 2.53. The summed E-state index contributed by atoms with van der Waals surface area (Å²) in [5.74, 6) is -0.147. The summed E-state index contributed by atoms with van der Waals surface area (Å²) >= 11 is 0. The van der Waals surface area contributed by atoms with Crippen molar-refractivity contribution in [1.29, 1.82) is 0 Å². The second-order valence-electron chi connectivity index (χ2n) is 9.11. The zero-order valence-electron chi connectivity index (χ0n) is 16.9. The van der Waals surface area contributed by atoms with Gasteiger partial charge < -0.3 is 9.74 Å². The molecule has 5 heterocycles. The maximum Gasteiger partial charge on any atom is 0.160 e. The zero-order chi connectivity index (χ0) is 20.3. The molecule has 1 spiro atoms. The van der Waals surface area contributed by atoms with E-state index in [1.165, 1.54) is 17.7 Å². The third-order valence-corrected chi connectivity index (χ3v) is 7.49. The van der Waals surface area contributed by atoms with Gasteiger partial charge in [-0.3, -0.25) is 4.90 Å². The largest absolute Gasteiger partial charge is 0.386 e. The van der Waals surface area contributed by atoms with Crippen LogP contribution in [0.25, 0.3) is 0 Å². The van der Waals surface area contributed by atoms with Gasteiger partial charge in [-0.25, -0.2) is 8.78 Å².